The van der Waals surface area contributed by atoms with E-state index in [1.807, 2.05) is 6.92 Å². The Morgan fingerprint density at radius 1 is 1.53 bits per heavy atom. The summed E-state index contributed by atoms with van der Waals surface area (Å²) in [5.74, 6) is -0.354. The van der Waals surface area contributed by atoms with Crippen molar-refractivity contribution in [3.8, 4) is 0 Å². The lowest BCUT2D eigenvalue weighted by Crippen LogP contribution is -2.32. The molecule has 0 saturated heterocycles. The fourth-order valence-electron chi connectivity index (χ4n) is 1.57. The Morgan fingerprint density at radius 3 is 2.79 bits per heavy atom. The zero-order valence-electron chi connectivity index (χ0n) is 10.4. The van der Waals surface area contributed by atoms with Gasteiger partial charge in [-0.15, -0.1) is 0 Å². The minimum absolute atomic E-state index is 0.00286. The maximum atomic E-state index is 11.9. The van der Waals surface area contributed by atoms with Crippen LogP contribution >= 0.6 is 27.5 Å². The second-order valence-electron chi connectivity index (χ2n) is 4.16. The Bertz CT molecular complexity index is 482. The molecule has 0 aliphatic carbocycles. The quantitative estimate of drug-likeness (QED) is 0.485. The van der Waals surface area contributed by atoms with Crippen molar-refractivity contribution in [2.45, 2.75) is 25.8 Å². The molecule has 104 valence electrons. The van der Waals surface area contributed by atoms with Crippen LogP contribution in [0.4, 0.5) is 5.69 Å². The van der Waals surface area contributed by atoms with Crippen LogP contribution in [-0.4, -0.2) is 22.2 Å². The maximum absolute atomic E-state index is 11.9. The molecule has 0 spiro atoms. The Kier molecular flexibility index (Phi) is 6.24. The Morgan fingerprint density at radius 2 is 2.21 bits per heavy atom. The third-order valence-electron chi connectivity index (χ3n) is 2.50. The van der Waals surface area contributed by atoms with E-state index in [1.165, 1.54) is 18.2 Å². The lowest BCUT2D eigenvalue weighted by Gasteiger charge is -2.13. The first-order chi connectivity index (χ1) is 8.93. The molecule has 0 fully saturated rings. The van der Waals surface area contributed by atoms with Crippen molar-refractivity contribution in [1.82, 2.24) is 5.32 Å². The van der Waals surface area contributed by atoms with E-state index >= 15 is 0 Å². The number of non-ortho nitro benzene ring substituents is 1. The number of benzene rings is 1. The van der Waals surface area contributed by atoms with Crippen LogP contribution in [0.15, 0.2) is 18.2 Å². The van der Waals surface area contributed by atoms with Crippen molar-refractivity contribution >= 4 is 39.1 Å². The number of nitrogens with one attached hydrogen (secondary N) is 1. The lowest BCUT2D eigenvalue weighted by atomic mass is 10.1. The van der Waals surface area contributed by atoms with E-state index in [2.05, 4.69) is 21.2 Å². The van der Waals surface area contributed by atoms with E-state index in [0.29, 0.717) is 0 Å². The Hall–Kier alpha value is -1.14. The molecule has 1 N–H and O–H groups in total. The monoisotopic (exact) mass is 348 g/mol. The molecule has 0 aromatic heterocycles. The largest absolute Gasteiger partial charge is 0.350 e. The van der Waals surface area contributed by atoms with Crippen LogP contribution < -0.4 is 5.32 Å². The highest BCUT2D eigenvalue weighted by molar-refractivity contribution is 9.09. The molecule has 1 atom stereocenters. The number of hydrogen-bond acceptors (Lipinski definition) is 3. The van der Waals surface area contributed by atoms with Crippen LogP contribution in [0.1, 0.15) is 30.1 Å². The predicted octanol–water partition coefficient (Wildman–Crippen LogP) is 3.54. The molecule has 0 bridgehead atoms. The van der Waals surface area contributed by atoms with Gasteiger partial charge < -0.3 is 5.32 Å². The normalized spacial score (nSPS) is 11.9. The number of rotatable bonds is 6. The number of nitrogens with zero attached hydrogens (tertiary/aromatic N) is 1. The number of nitro groups is 1. The summed E-state index contributed by atoms with van der Waals surface area (Å²) in [5.41, 5.74) is 0.00986. The molecule has 0 radical (unpaired) electrons. The van der Waals surface area contributed by atoms with Gasteiger partial charge in [0.05, 0.1) is 4.92 Å². The number of carbonyl (C=O) groups excluding carboxylic acids is 1. The van der Waals surface area contributed by atoms with Crippen LogP contribution in [0, 0.1) is 10.1 Å². The molecule has 5 nitrogen and oxygen atoms in total. The molecule has 0 aliphatic heterocycles. The average molecular weight is 350 g/mol. The molecule has 0 aliphatic rings. The second kappa shape index (κ2) is 7.45. The molecule has 1 amide bonds. The first kappa shape index (κ1) is 15.9. The first-order valence-corrected chi connectivity index (χ1v) is 7.25. The summed E-state index contributed by atoms with van der Waals surface area (Å²) in [6.07, 6.45) is 1.77. The van der Waals surface area contributed by atoms with Crippen LogP contribution in [0.3, 0.4) is 0 Å². The Labute approximate surface area is 124 Å². The van der Waals surface area contributed by atoms with Gasteiger partial charge in [-0.3, -0.25) is 14.9 Å². The van der Waals surface area contributed by atoms with Crippen LogP contribution in [0.5, 0.6) is 0 Å². The van der Waals surface area contributed by atoms with Gasteiger partial charge in [-0.2, -0.15) is 0 Å². The smallest absolute Gasteiger partial charge is 0.271 e. The summed E-state index contributed by atoms with van der Waals surface area (Å²) in [6.45, 7) is 1.89. The van der Waals surface area contributed by atoms with E-state index in [9.17, 15) is 14.9 Å². The van der Waals surface area contributed by atoms with Gasteiger partial charge in [0.15, 0.2) is 0 Å². The van der Waals surface area contributed by atoms with Gasteiger partial charge in [-0.1, -0.05) is 27.5 Å². The SMILES string of the molecule is CC(CCCBr)NC(=O)c1cc(Cl)cc([N+](=O)[O-])c1. The van der Waals surface area contributed by atoms with Gasteiger partial charge >= 0.3 is 0 Å². The van der Waals surface area contributed by atoms with Crippen molar-refractivity contribution in [1.29, 1.82) is 0 Å². The summed E-state index contributed by atoms with van der Waals surface area (Å²) in [4.78, 5) is 22.1. The molecule has 0 saturated carbocycles. The summed E-state index contributed by atoms with van der Waals surface area (Å²) in [6, 6.07) is 3.86. The summed E-state index contributed by atoms with van der Waals surface area (Å²) in [5, 5.41) is 14.5. The number of carbonyl (C=O) groups is 1. The standard InChI is InChI=1S/C12H14BrClN2O3/c1-8(3-2-4-13)15-12(17)9-5-10(14)7-11(6-9)16(18)19/h5-8H,2-4H2,1H3,(H,15,17). The van der Waals surface area contributed by atoms with Crippen LogP contribution in [0.25, 0.3) is 0 Å². The molecule has 7 heteroatoms. The summed E-state index contributed by atoms with van der Waals surface area (Å²) < 4.78 is 0. The number of hydrogen-bond donors (Lipinski definition) is 1. The van der Waals surface area contributed by atoms with Crippen LogP contribution in [0.2, 0.25) is 5.02 Å². The topological polar surface area (TPSA) is 72.2 Å². The maximum Gasteiger partial charge on any atom is 0.271 e. The third kappa shape index (κ3) is 5.16. The molecule has 19 heavy (non-hydrogen) atoms. The van der Waals surface area contributed by atoms with Gasteiger partial charge in [0.2, 0.25) is 0 Å². The molecule has 1 aromatic carbocycles. The number of nitro benzene ring substituents is 1. The third-order valence-corrected chi connectivity index (χ3v) is 3.28. The van der Waals surface area contributed by atoms with E-state index in [4.69, 9.17) is 11.6 Å². The minimum Gasteiger partial charge on any atom is -0.350 e. The second-order valence-corrected chi connectivity index (χ2v) is 5.39. The highest BCUT2D eigenvalue weighted by atomic mass is 79.9. The lowest BCUT2D eigenvalue weighted by molar-refractivity contribution is -0.384. The van der Waals surface area contributed by atoms with E-state index in [0.717, 1.165) is 18.2 Å². The highest BCUT2D eigenvalue weighted by Crippen LogP contribution is 2.21. The minimum atomic E-state index is -0.572. The zero-order valence-corrected chi connectivity index (χ0v) is 12.7. The van der Waals surface area contributed by atoms with Gasteiger partial charge in [-0.25, -0.2) is 0 Å². The summed E-state index contributed by atoms with van der Waals surface area (Å²) >= 11 is 9.09. The molecule has 1 rings (SSSR count). The van der Waals surface area contributed by atoms with Crippen LogP contribution in [-0.2, 0) is 0 Å². The Balaban J connectivity index is 2.79. The number of alkyl halides is 1. The molecule has 1 unspecified atom stereocenters. The van der Waals surface area contributed by atoms with Gasteiger partial charge in [0.25, 0.3) is 11.6 Å². The van der Waals surface area contributed by atoms with Crippen molar-refractivity contribution in [3.05, 3.63) is 38.9 Å². The van der Waals surface area contributed by atoms with E-state index in [1.54, 1.807) is 0 Å². The van der Waals surface area contributed by atoms with Crippen molar-refractivity contribution < 1.29 is 9.72 Å². The highest BCUT2D eigenvalue weighted by Gasteiger charge is 2.15. The zero-order chi connectivity index (χ0) is 14.4. The fraction of sp³-hybridized carbons (Fsp3) is 0.417. The molecule has 1 aromatic rings. The average Bonchev–Trinajstić information content (AvgIpc) is 2.35. The van der Waals surface area contributed by atoms with Crippen molar-refractivity contribution in [2.75, 3.05) is 5.33 Å². The van der Waals surface area contributed by atoms with E-state index < -0.39 is 4.92 Å². The number of halogens is 2. The number of amides is 1. The van der Waals surface area contributed by atoms with E-state index in [-0.39, 0.29) is 28.2 Å². The molecular formula is C12H14BrClN2O3. The van der Waals surface area contributed by atoms with Crippen molar-refractivity contribution in [3.63, 3.8) is 0 Å². The summed E-state index contributed by atoms with van der Waals surface area (Å²) in [7, 11) is 0. The molecular weight excluding hydrogens is 336 g/mol. The van der Waals surface area contributed by atoms with Crippen molar-refractivity contribution in [2.24, 2.45) is 0 Å². The predicted molar refractivity (Wildman–Crippen MR) is 78.1 cm³/mol. The van der Waals surface area contributed by atoms with Gasteiger partial charge in [0, 0.05) is 34.1 Å². The molecule has 0 heterocycles. The fourth-order valence-corrected chi connectivity index (χ4v) is 2.13. The van der Waals surface area contributed by atoms with Gasteiger partial charge in [0.1, 0.15) is 0 Å². The van der Waals surface area contributed by atoms with Gasteiger partial charge in [-0.05, 0) is 25.8 Å². The first-order valence-electron chi connectivity index (χ1n) is 5.76.